The van der Waals surface area contributed by atoms with Crippen molar-refractivity contribution in [3.8, 4) is 0 Å². The second-order valence-electron chi connectivity index (χ2n) is 11.5. The van der Waals surface area contributed by atoms with E-state index < -0.39 is 67.3 Å². The molecule has 0 aliphatic carbocycles. The lowest BCUT2D eigenvalue weighted by atomic mass is 9.99. The Hall–Kier alpha value is -3.69. The molecular formula is C32H53N3O12. The maximum absolute atomic E-state index is 13.0. The van der Waals surface area contributed by atoms with Gasteiger partial charge in [-0.3, -0.25) is 10.1 Å². The number of unbranched alkanes of at least 4 members (excludes halogenated alkanes) is 8. The number of amides is 3. The van der Waals surface area contributed by atoms with Crippen molar-refractivity contribution in [2.45, 2.75) is 116 Å². The third-order valence-corrected chi connectivity index (χ3v) is 6.97. The molecule has 0 spiro atoms. The molecule has 268 valence electrons. The molecule has 1 unspecified atom stereocenters. The van der Waals surface area contributed by atoms with Gasteiger partial charge in [0.25, 0.3) is 0 Å². The summed E-state index contributed by atoms with van der Waals surface area (Å²) < 4.78 is 26.1. The SMILES string of the molecule is C=C(C)C(=O)OCCNC(=O)OCC1O[C@@](NC(=O)CCCCCCCCCCC)(OC(=O)NCCOC(=O)C(=C)C)C[C@@H](O)[C@@H]1O. The fourth-order valence-electron chi connectivity index (χ4n) is 4.42. The third-order valence-electron chi connectivity index (χ3n) is 6.97. The van der Waals surface area contributed by atoms with E-state index >= 15 is 0 Å². The predicted molar refractivity (Wildman–Crippen MR) is 170 cm³/mol. The maximum Gasteiger partial charge on any atom is 0.411 e. The molecule has 0 aromatic heterocycles. The summed E-state index contributed by atoms with van der Waals surface area (Å²) in [5.41, 5.74) is 0.373. The van der Waals surface area contributed by atoms with Crippen LogP contribution in [0.25, 0.3) is 0 Å². The quantitative estimate of drug-likeness (QED) is 0.0370. The van der Waals surface area contributed by atoms with E-state index in [1.165, 1.54) is 39.5 Å². The smallest absolute Gasteiger partial charge is 0.411 e. The Labute approximate surface area is 276 Å². The highest BCUT2D eigenvalue weighted by atomic mass is 16.8. The van der Waals surface area contributed by atoms with E-state index in [1.54, 1.807) is 0 Å². The minimum atomic E-state index is -2.23. The molecule has 1 fully saturated rings. The van der Waals surface area contributed by atoms with Crippen LogP contribution >= 0.6 is 0 Å². The molecule has 0 aromatic carbocycles. The monoisotopic (exact) mass is 671 g/mol. The number of esters is 2. The van der Waals surface area contributed by atoms with Crippen LogP contribution in [-0.2, 0) is 38.1 Å². The zero-order valence-electron chi connectivity index (χ0n) is 27.9. The Morgan fingerprint density at radius 3 is 1.83 bits per heavy atom. The molecule has 0 saturated carbocycles. The van der Waals surface area contributed by atoms with Crippen LogP contribution in [0.15, 0.2) is 24.3 Å². The van der Waals surface area contributed by atoms with Crippen molar-refractivity contribution in [2.24, 2.45) is 0 Å². The van der Waals surface area contributed by atoms with E-state index in [-0.39, 0.29) is 43.9 Å². The Morgan fingerprint density at radius 1 is 0.787 bits per heavy atom. The van der Waals surface area contributed by atoms with Crippen LogP contribution in [0.1, 0.15) is 91.4 Å². The van der Waals surface area contributed by atoms with Crippen LogP contribution in [0.5, 0.6) is 0 Å². The third kappa shape index (κ3) is 17.7. The van der Waals surface area contributed by atoms with Gasteiger partial charge in [-0.1, -0.05) is 71.4 Å². The van der Waals surface area contributed by atoms with Gasteiger partial charge in [0.15, 0.2) is 0 Å². The van der Waals surface area contributed by atoms with Crippen LogP contribution in [0.4, 0.5) is 9.59 Å². The molecule has 1 aliphatic rings. The molecule has 15 nitrogen and oxygen atoms in total. The van der Waals surface area contributed by atoms with Crippen LogP contribution < -0.4 is 16.0 Å². The zero-order chi connectivity index (χ0) is 35.2. The van der Waals surface area contributed by atoms with Crippen LogP contribution in [0.2, 0.25) is 0 Å². The van der Waals surface area contributed by atoms with E-state index in [1.807, 2.05) is 0 Å². The van der Waals surface area contributed by atoms with Gasteiger partial charge >= 0.3 is 30.0 Å². The highest BCUT2D eigenvalue weighted by Gasteiger charge is 2.50. The first-order chi connectivity index (χ1) is 22.3. The van der Waals surface area contributed by atoms with Gasteiger partial charge in [-0.25, -0.2) is 19.2 Å². The molecule has 4 atom stereocenters. The number of aliphatic hydroxyl groups is 2. The minimum Gasteiger partial charge on any atom is -0.460 e. The van der Waals surface area contributed by atoms with Gasteiger partial charge in [-0.2, -0.15) is 0 Å². The topological polar surface area (TPSA) is 208 Å². The van der Waals surface area contributed by atoms with E-state index in [2.05, 4.69) is 36.0 Å². The summed E-state index contributed by atoms with van der Waals surface area (Å²) in [6.07, 6.45) is 2.36. The molecule has 1 saturated heterocycles. The number of ether oxygens (including phenoxy) is 5. The number of hydrogen-bond acceptors (Lipinski definition) is 12. The standard InChI is InChI=1S/C32H53N3O12/c1-6-7-8-9-10-11-12-13-14-15-26(37)35-32(47-31(42)34-17-19-44-29(40)23(4)5)20-24(36)27(38)25(46-32)21-45-30(41)33-16-18-43-28(39)22(2)3/h24-25,27,36,38H,2,4,6-21H2,1,3,5H3,(H,33,41)(H,34,42)(H,35,37)/t24-,25?,27+,32-/m1/s1. The summed E-state index contributed by atoms with van der Waals surface area (Å²) in [7, 11) is 0. The summed E-state index contributed by atoms with van der Waals surface area (Å²) in [5, 5.41) is 28.4. The molecule has 1 rings (SSSR count). The predicted octanol–water partition coefficient (Wildman–Crippen LogP) is 2.88. The zero-order valence-corrected chi connectivity index (χ0v) is 27.9. The van der Waals surface area contributed by atoms with Crippen molar-refractivity contribution in [1.82, 2.24) is 16.0 Å². The van der Waals surface area contributed by atoms with Gasteiger partial charge in [-0.05, 0) is 20.3 Å². The second-order valence-corrected chi connectivity index (χ2v) is 11.5. The van der Waals surface area contributed by atoms with Crippen molar-refractivity contribution in [1.29, 1.82) is 0 Å². The highest BCUT2D eigenvalue weighted by Crippen LogP contribution is 2.30. The number of alkyl carbamates (subject to hydrolysis) is 2. The van der Waals surface area contributed by atoms with E-state index in [0.717, 1.165) is 25.7 Å². The first-order valence-corrected chi connectivity index (χ1v) is 16.2. The number of nitrogens with one attached hydrogen (secondary N) is 3. The lowest BCUT2D eigenvalue weighted by Crippen LogP contribution is -2.65. The normalized spacial score (nSPS) is 20.3. The first kappa shape index (κ1) is 41.3. The highest BCUT2D eigenvalue weighted by molar-refractivity contribution is 5.87. The summed E-state index contributed by atoms with van der Waals surface area (Å²) >= 11 is 0. The van der Waals surface area contributed by atoms with E-state index in [9.17, 15) is 34.2 Å². The maximum atomic E-state index is 13.0. The lowest BCUT2D eigenvalue weighted by Gasteiger charge is -2.44. The van der Waals surface area contributed by atoms with Gasteiger partial charge in [0, 0.05) is 17.6 Å². The van der Waals surface area contributed by atoms with Crippen molar-refractivity contribution in [2.75, 3.05) is 32.9 Å². The first-order valence-electron chi connectivity index (χ1n) is 16.2. The summed E-state index contributed by atoms with van der Waals surface area (Å²) in [6, 6.07) is 0. The Balaban J connectivity index is 2.80. The molecule has 1 aliphatic heterocycles. The Morgan fingerprint density at radius 2 is 1.30 bits per heavy atom. The average molecular weight is 672 g/mol. The van der Waals surface area contributed by atoms with Gasteiger partial charge in [0.05, 0.1) is 25.6 Å². The molecule has 5 N–H and O–H groups in total. The van der Waals surface area contributed by atoms with E-state index in [4.69, 9.17) is 23.7 Å². The molecule has 0 bridgehead atoms. The molecule has 0 radical (unpaired) electrons. The fraction of sp³-hybridized carbons (Fsp3) is 0.719. The lowest BCUT2D eigenvalue weighted by molar-refractivity contribution is -0.312. The summed E-state index contributed by atoms with van der Waals surface area (Å²) in [5.74, 6) is -4.02. The largest absolute Gasteiger partial charge is 0.460 e. The second kappa shape index (κ2) is 22.8. The molecule has 3 amide bonds. The Bertz CT molecular complexity index is 1050. The molecule has 47 heavy (non-hydrogen) atoms. The molecule has 15 heteroatoms. The van der Waals surface area contributed by atoms with Crippen LogP contribution in [-0.4, -0.2) is 97.4 Å². The van der Waals surface area contributed by atoms with Crippen molar-refractivity contribution >= 4 is 30.0 Å². The fourth-order valence-corrected chi connectivity index (χ4v) is 4.42. The minimum absolute atomic E-state index is 0.0843. The van der Waals surface area contributed by atoms with Gasteiger partial charge < -0.3 is 44.5 Å². The average Bonchev–Trinajstić information content (AvgIpc) is 3.01. The number of aliphatic hydroxyl groups excluding tert-OH is 2. The molecular weight excluding hydrogens is 618 g/mol. The van der Waals surface area contributed by atoms with Crippen molar-refractivity contribution in [3.63, 3.8) is 0 Å². The van der Waals surface area contributed by atoms with Crippen molar-refractivity contribution < 1.29 is 57.9 Å². The number of carbonyl (C=O) groups excluding carboxylic acids is 5. The van der Waals surface area contributed by atoms with Gasteiger partial charge in [-0.15, -0.1) is 0 Å². The van der Waals surface area contributed by atoms with Gasteiger partial charge in [0.2, 0.25) is 5.91 Å². The number of carbonyl (C=O) groups is 5. The summed E-state index contributed by atoms with van der Waals surface area (Å²) in [4.78, 5) is 60.8. The molecule has 0 aromatic rings. The Kier molecular flexibility index (Phi) is 20.0. The number of hydrogen-bond donors (Lipinski definition) is 5. The summed E-state index contributed by atoms with van der Waals surface area (Å²) in [6.45, 7) is 10.8. The van der Waals surface area contributed by atoms with Gasteiger partial charge in [0.1, 0.15) is 32.0 Å². The molecule has 1 heterocycles. The van der Waals surface area contributed by atoms with Crippen LogP contribution in [0, 0.1) is 0 Å². The van der Waals surface area contributed by atoms with E-state index in [0.29, 0.717) is 6.42 Å². The van der Waals surface area contributed by atoms with Crippen LogP contribution in [0.3, 0.4) is 0 Å². The van der Waals surface area contributed by atoms with Crippen molar-refractivity contribution in [3.05, 3.63) is 24.3 Å². The number of rotatable bonds is 22.